The number of nitrogens with one attached hydrogen (secondary N) is 1. The van der Waals surface area contributed by atoms with Gasteiger partial charge in [0.2, 0.25) is 0 Å². The van der Waals surface area contributed by atoms with E-state index in [9.17, 15) is 4.39 Å². The third kappa shape index (κ3) is 23.3. The summed E-state index contributed by atoms with van der Waals surface area (Å²) in [7, 11) is 0. The molecule has 34 heavy (non-hydrogen) atoms. The van der Waals surface area contributed by atoms with Gasteiger partial charge in [0, 0.05) is 0 Å². The average molecular weight is 500 g/mol. The van der Waals surface area contributed by atoms with Crippen LogP contribution in [0.1, 0.15) is 12.8 Å². The maximum Gasteiger partial charge on any atom is 0.113 e. The van der Waals surface area contributed by atoms with Crippen LogP contribution in [0, 0.1) is 0 Å². The molecule has 1 heterocycles. The summed E-state index contributed by atoms with van der Waals surface area (Å²) in [5.41, 5.74) is 0. The maximum atomic E-state index is 11.8. The first kappa shape index (κ1) is 31.6. The van der Waals surface area contributed by atoms with Crippen molar-refractivity contribution < 1.29 is 47.0 Å². The minimum Gasteiger partial charge on any atom is -0.377 e. The number of ether oxygens (including phenoxy) is 9. The highest BCUT2D eigenvalue weighted by molar-refractivity contribution is 4.67. The fourth-order valence-corrected chi connectivity index (χ4v) is 2.93. The maximum absolute atomic E-state index is 11.8. The third-order valence-electron chi connectivity index (χ3n) is 4.69. The van der Waals surface area contributed by atoms with Gasteiger partial charge in [-0.25, -0.2) is 4.39 Å². The summed E-state index contributed by atoms with van der Waals surface area (Å²) in [4.78, 5) is 0. The lowest BCUT2D eigenvalue weighted by atomic mass is 10.1. The molecule has 0 unspecified atom stereocenters. The van der Waals surface area contributed by atoms with Gasteiger partial charge in [-0.3, -0.25) is 0 Å². The molecule has 0 aromatic heterocycles. The highest BCUT2D eigenvalue weighted by Crippen LogP contribution is 2.06. The number of hydrogen-bond donors (Lipinski definition) is 1. The van der Waals surface area contributed by atoms with Crippen molar-refractivity contribution in [3.05, 3.63) is 0 Å². The lowest BCUT2D eigenvalue weighted by molar-refractivity contribution is -0.0318. The van der Waals surface area contributed by atoms with E-state index in [1.54, 1.807) is 0 Å². The summed E-state index contributed by atoms with van der Waals surface area (Å²) in [6.45, 7) is 10.1. The summed E-state index contributed by atoms with van der Waals surface area (Å²) in [6.07, 6.45) is 2.54. The van der Waals surface area contributed by atoms with Crippen LogP contribution in [-0.2, 0) is 42.6 Å². The lowest BCUT2D eigenvalue weighted by Gasteiger charge is -2.22. The van der Waals surface area contributed by atoms with Gasteiger partial charge in [-0.1, -0.05) is 0 Å². The predicted octanol–water partition coefficient (Wildman–Crippen LogP) is 0.857. The molecule has 1 rings (SSSR count). The summed E-state index contributed by atoms with van der Waals surface area (Å²) in [5, 5.41) is 3.32. The van der Waals surface area contributed by atoms with E-state index in [4.69, 9.17) is 42.6 Å². The number of halogens is 1. The van der Waals surface area contributed by atoms with Gasteiger partial charge in [-0.05, 0) is 25.9 Å². The molecular formula is C23H46FNO9. The fraction of sp³-hybridized carbons (Fsp3) is 1.00. The van der Waals surface area contributed by atoms with Crippen LogP contribution in [0.4, 0.5) is 4.39 Å². The molecule has 11 heteroatoms. The second kappa shape index (κ2) is 27.1. The molecule has 0 spiro atoms. The van der Waals surface area contributed by atoms with E-state index < -0.39 is 6.67 Å². The molecule has 0 atom stereocenters. The highest BCUT2D eigenvalue weighted by Gasteiger charge is 2.12. The Morgan fingerprint density at radius 1 is 0.441 bits per heavy atom. The molecule has 1 aliphatic rings. The van der Waals surface area contributed by atoms with Crippen LogP contribution in [0.15, 0.2) is 0 Å². The van der Waals surface area contributed by atoms with Gasteiger partial charge in [0.25, 0.3) is 0 Å². The Morgan fingerprint density at radius 2 is 0.735 bits per heavy atom. The first-order valence-corrected chi connectivity index (χ1v) is 12.4. The highest BCUT2D eigenvalue weighted by atomic mass is 19.1. The zero-order valence-electron chi connectivity index (χ0n) is 20.7. The van der Waals surface area contributed by atoms with Crippen molar-refractivity contribution in [3.8, 4) is 0 Å². The Bertz CT molecular complexity index is 393. The molecule has 0 saturated carbocycles. The SMILES string of the molecule is FCCOCCOCCOCCOCCOCCOCCOCCOCCOC1CCNCC1. The average Bonchev–Trinajstić information content (AvgIpc) is 2.87. The summed E-state index contributed by atoms with van der Waals surface area (Å²) >= 11 is 0. The smallest absolute Gasteiger partial charge is 0.113 e. The Morgan fingerprint density at radius 3 is 1.06 bits per heavy atom. The normalized spacial score (nSPS) is 14.7. The van der Waals surface area contributed by atoms with E-state index in [1.807, 2.05) is 0 Å². The minimum atomic E-state index is -0.468. The molecular weight excluding hydrogens is 453 g/mol. The second-order valence-corrected chi connectivity index (χ2v) is 7.41. The number of rotatable bonds is 27. The van der Waals surface area contributed by atoms with Crippen LogP contribution < -0.4 is 5.32 Å². The van der Waals surface area contributed by atoms with Gasteiger partial charge >= 0.3 is 0 Å². The monoisotopic (exact) mass is 499 g/mol. The zero-order chi connectivity index (χ0) is 24.2. The molecule has 0 bridgehead atoms. The van der Waals surface area contributed by atoms with Crippen molar-refractivity contribution >= 4 is 0 Å². The van der Waals surface area contributed by atoms with Crippen molar-refractivity contribution in [2.24, 2.45) is 0 Å². The second-order valence-electron chi connectivity index (χ2n) is 7.41. The molecule has 1 N–H and O–H groups in total. The number of piperidine rings is 1. The summed E-state index contributed by atoms with van der Waals surface area (Å²) in [5.74, 6) is 0. The molecule has 10 nitrogen and oxygen atoms in total. The summed E-state index contributed by atoms with van der Waals surface area (Å²) in [6, 6.07) is 0. The minimum absolute atomic E-state index is 0.120. The van der Waals surface area contributed by atoms with Gasteiger partial charge in [-0.2, -0.15) is 0 Å². The van der Waals surface area contributed by atoms with Gasteiger partial charge in [-0.15, -0.1) is 0 Å². The first-order chi connectivity index (χ1) is 16.9. The van der Waals surface area contributed by atoms with Crippen LogP contribution >= 0.6 is 0 Å². The molecule has 0 aromatic carbocycles. The molecule has 0 amide bonds. The van der Waals surface area contributed by atoms with Crippen LogP contribution in [0.25, 0.3) is 0 Å². The van der Waals surface area contributed by atoms with E-state index in [-0.39, 0.29) is 6.61 Å². The van der Waals surface area contributed by atoms with Crippen molar-refractivity contribution in [3.63, 3.8) is 0 Å². The fourth-order valence-electron chi connectivity index (χ4n) is 2.93. The van der Waals surface area contributed by atoms with E-state index in [1.165, 1.54) is 0 Å². The van der Waals surface area contributed by atoms with Gasteiger partial charge in [0.05, 0.1) is 118 Å². The summed E-state index contributed by atoms with van der Waals surface area (Å²) < 4.78 is 60.4. The molecule has 0 aromatic rings. The van der Waals surface area contributed by atoms with Gasteiger partial charge < -0.3 is 47.9 Å². The van der Waals surface area contributed by atoms with Crippen LogP contribution in [-0.4, -0.2) is 138 Å². The Kier molecular flexibility index (Phi) is 25.2. The Labute approximate surface area is 203 Å². The van der Waals surface area contributed by atoms with Crippen LogP contribution in [0.5, 0.6) is 0 Å². The van der Waals surface area contributed by atoms with E-state index in [0.29, 0.717) is 112 Å². The standard InChI is InChI=1S/C23H46FNO9/c24-3-6-26-7-8-27-9-10-28-11-12-29-13-14-30-15-16-31-17-18-32-19-20-33-21-22-34-23-1-4-25-5-2-23/h23,25H,1-22H2. The first-order valence-electron chi connectivity index (χ1n) is 12.4. The molecule has 204 valence electrons. The molecule has 1 aliphatic heterocycles. The predicted molar refractivity (Wildman–Crippen MR) is 124 cm³/mol. The van der Waals surface area contributed by atoms with E-state index >= 15 is 0 Å². The largest absolute Gasteiger partial charge is 0.377 e. The van der Waals surface area contributed by atoms with Gasteiger partial charge in [0.15, 0.2) is 0 Å². The quantitative estimate of drug-likeness (QED) is 0.164. The third-order valence-corrected chi connectivity index (χ3v) is 4.69. The molecule has 0 aliphatic carbocycles. The topological polar surface area (TPSA) is 95.1 Å². The van der Waals surface area contributed by atoms with Crippen molar-refractivity contribution in [2.45, 2.75) is 18.9 Å². The molecule has 1 fully saturated rings. The zero-order valence-corrected chi connectivity index (χ0v) is 20.7. The Hall–Kier alpha value is -0.470. The van der Waals surface area contributed by atoms with Gasteiger partial charge in [0.1, 0.15) is 6.67 Å². The van der Waals surface area contributed by atoms with Crippen molar-refractivity contribution in [1.29, 1.82) is 0 Å². The Balaban J connectivity index is 1.61. The lowest BCUT2D eigenvalue weighted by Crippen LogP contribution is -2.33. The van der Waals surface area contributed by atoms with Crippen molar-refractivity contribution in [1.82, 2.24) is 5.32 Å². The number of alkyl halides is 1. The van der Waals surface area contributed by atoms with E-state index in [0.717, 1.165) is 25.9 Å². The molecule has 0 radical (unpaired) electrons. The van der Waals surface area contributed by atoms with Crippen LogP contribution in [0.2, 0.25) is 0 Å². The van der Waals surface area contributed by atoms with Crippen molar-refractivity contribution in [2.75, 3.05) is 132 Å². The molecule has 1 saturated heterocycles. The van der Waals surface area contributed by atoms with E-state index in [2.05, 4.69) is 5.32 Å². The number of hydrogen-bond acceptors (Lipinski definition) is 10. The van der Waals surface area contributed by atoms with Crippen LogP contribution in [0.3, 0.4) is 0 Å².